The largest absolute Gasteiger partial charge is 0.515 e. The second kappa shape index (κ2) is 3.42. The third-order valence-corrected chi connectivity index (χ3v) is 1.75. The van der Waals surface area contributed by atoms with Crippen molar-refractivity contribution in [1.82, 2.24) is 0 Å². The number of esters is 1. The van der Waals surface area contributed by atoms with E-state index in [0.717, 1.165) is 19.1 Å². The molecule has 0 aromatic heterocycles. The van der Waals surface area contributed by atoms with Crippen molar-refractivity contribution >= 4 is 5.97 Å². The lowest BCUT2D eigenvalue weighted by Crippen LogP contribution is -2.05. The summed E-state index contributed by atoms with van der Waals surface area (Å²) >= 11 is 0. The predicted octanol–water partition coefficient (Wildman–Crippen LogP) is 1.54. The first-order valence-corrected chi connectivity index (χ1v) is 3.82. The van der Waals surface area contributed by atoms with Gasteiger partial charge in [-0.25, -0.2) is 4.79 Å². The number of hydrogen-bond donors (Lipinski definition) is 1. The molecule has 0 saturated carbocycles. The van der Waals surface area contributed by atoms with Crippen LogP contribution in [0.25, 0.3) is 0 Å². The van der Waals surface area contributed by atoms with Crippen molar-refractivity contribution in [2.24, 2.45) is 0 Å². The van der Waals surface area contributed by atoms with E-state index in [-0.39, 0.29) is 12.1 Å². The number of ether oxygens (including phenoxy) is 1. The molecule has 3 heteroatoms. The minimum Gasteiger partial charge on any atom is -0.515 e. The fraction of sp³-hybridized carbons (Fsp3) is 0.625. The molecule has 0 aromatic carbocycles. The first-order valence-electron chi connectivity index (χ1n) is 3.82. The van der Waals surface area contributed by atoms with Gasteiger partial charge < -0.3 is 9.84 Å². The lowest BCUT2D eigenvalue weighted by Gasteiger charge is -2.04. The highest BCUT2D eigenvalue weighted by Crippen LogP contribution is 2.22. The van der Waals surface area contributed by atoms with E-state index in [4.69, 9.17) is 9.84 Å². The summed E-state index contributed by atoms with van der Waals surface area (Å²) in [5.74, 6) is -0.369. The summed E-state index contributed by atoms with van der Waals surface area (Å²) in [4.78, 5) is 10.8. The average molecular weight is 156 g/mol. The van der Waals surface area contributed by atoms with Crippen LogP contribution in [0.5, 0.6) is 0 Å². The van der Waals surface area contributed by atoms with Gasteiger partial charge in [0.05, 0.1) is 11.8 Å². The summed E-state index contributed by atoms with van der Waals surface area (Å²) in [6, 6.07) is 0. The van der Waals surface area contributed by atoms with Gasteiger partial charge in [-0.05, 0) is 6.42 Å². The maximum Gasteiger partial charge on any atom is 0.337 e. The van der Waals surface area contributed by atoms with Gasteiger partial charge in [-0.15, -0.1) is 0 Å². The fourth-order valence-corrected chi connectivity index (χ4v) is 1.19. The first kappa shape index (κ1) is 8.11. The Kier molecular flexibility index (Phi) is 2.52. The first-order chi connectivity index (χ1) is 5.27. The van der Waals surface area contributed by atoms with Crippen LogP contribution >= 0.6 is 0 Å². The zero-order valence-electron chi connectivity index (χ0n) is 6.54. The van der Waals surface area contributed by atoms with Crippen molar-refractivity contribution in [2.75, 3.05) is 0 Å². The predicted molar refractivity (Wildman–Crippen MR) is 40.1 cm³/mol. The summed E-state index contributed by atoms with van der Waals surface area (Å²) in [6.07, 6.45) is 3.27. The van der Waals surface area contributed by atoms with Gasteiger partial charge in [0.2, 0.25) is 0 Å². The second-order valence-corrected chi connectivity index (χ2v) is 2.67. The maximum atomic E-state index is 10.8. The molecule has 1 saturated heterocycles. The zero-order valence-corrected chi connectivity index (χ0v) is 6.54. The third-order valence-electron chi connectivity index (χ3n) is 1.75. The van der Waals surface area contributed by atoms with Crippen LogP contribution in [0.4, 0.5) is 0 Å². The van der Waals surface area contributed by atoms with E-state index in [2.05, 4.69) is 0 Å². The van der Waals surface area contributed by atoms with Crippen molar-refractivity contribution in [3.8, 4) is 0 Å². The molecule has 11 heavy (non-hydrogen) atoms. The van der Waals surface area contributed by atoms with Gasteiger partial charge in [0, 0.05) is 6.42 Å². The third kappa shape index (κ3) is 1.73. The Bertz CT molecular complexity index is 184. The summed E-state index contributed by atoms with van der Waals surface area (Å²) in [7, 11) is 0. The Morgan fingerprint density at radius 3 is 3.00 bits per heavy atom. The van der Waals surface area contributed by atoms with Crippen molar-refractivity contribution in [2.45, 2.75) is 32.3 Å². The molecule has 1 heterocycles. The summed E-state index contributed by atoms with van der Waals surface area (Å²) in [5.41, 5.74) is 0.392. The lowest BCUT2D eigenvalue weighted by molar-refractivity contribution is -0.139. The highest BCUT2D eigenvalue weighted by atomic mass is 16.5. The molecule has 1 unspecified atom stereocenters. The molecule has 0 amide bonds. The van der Waals surface area contributed by atoms with Crippen molar-refractivity contribution < 1.29 is 14.6 Å². The topological polar surface area (TPSA) is 46.5 Å². The summed E-state index contributed by atoms with van der Waals surface area (Å²) in [6.45, 7) is 2.04. The van der Waals surface area contributed by atoms with Crippen LogP contribution in [0.1, 0.15) is 26.2 Å². The van der Waals surface area contributed by atoms with Crippen molar-refractivity contribution in [3.63, 3.8) is 0 Å². The number of rotatable bonds is 2. The van der Waals surface area contributed by atoms with Crippen LogP contribution in [0.2, 0.25) is 0 Å². The number of hydrogen-bond acceptors (Lipinski definition) is 3. The van der Waals surface area contributed by atoms with Crippen LogP contribution in [0.15, 0.2) is 11.8 Å². The highest BCUT2D eigenvalue weighted by Gasteiger charge is 2.27. The molecule has 62 valence electrons. The van der Waals surface area contributed by atoms with Crippen molar-refractivity contribution in [1.29, 1.82) is 0 Å². The number of aliphatic hydroxyl groups is 1. The van der Waals surface area contributed by atoms with Gasteiger partial charge >= 0.3 is 5.97 Å². The van der Waals surface area contributed by atoms with Gasteiger partial charge in [0.15, 0.2) is 0 Å². The Hall–Kier alpha value is -0.990. The van der Waals surface area contributed by atoms with Gasteiger partial charge in [-0.1, -0.05) is 13.3 Å². The van der Waals surface area contributed by atoms with Crippen LogP contribution in [-0.4, -0.2) is 17.2 Å². The van der Waals surface area contributed by atoms with E-state index in [0.29, 0.717) is 12.0 Å². The number of cyclic esters (lactones) is 1. The minimum atomic E-state index is -0.369. The maximum absolute atomic E-state index is 10.8. The fourth-order valence-electron chi connectivity index (χ4n) is 1.19. The molecule has 1 atom stereocenters. The molecular formula is C8H12O3. The molecule has 1 aliphatic heterocycles. The number of carbonyl (C=O) groups excluding carboxylic acids is 1. The molecule has 0 radical (unpaired) electrons. The van der Waals surface area contributed by atoms with Crippen LogP contribution in [-0.2, 0) is 9.53 Å². The highest BCUT2D eigenvalue weighted by molar-refractivity contribution is 5.90. The molecule has 1 aliphatic rings. The Morgan fingerprint density at radius 2 is 2.55 bits per heavy atom. The monoisotopic (exact) mass is 156 g/mol. The van der Waals surface area contributed by atoms with Gasteiger partial charge in [-0.3, -0.25) is 0 Å². The quantitative estimate of drug-likeness (QED) is 0.375. The van der Waals surface area contributed by atoms with E-state index in [1.54, 1.807) is 0 Å². The van der Waals surface area contributed by atoms with Crippen LogP contribution < -0.4 is 0 Å². The van der Waals surface area contributed by atoms with E-state index >= 15 is 0 Å². The Balaban J connectivity index is 2.50. The smallest absolute Gasteiger partial charge is 0.337 e. The number of aliphatic hydroxyl groups excluding tert-OH is 1. The van der Waals surface area contributed by atoms with Crippen LogP contribution in [0, 0.1) is 0 Å². The van der Waals surface area contributed by atoms with Crippen LogP contribution in [0.3, 0.4) is 0 Å². The standard InChI is InChI=1S/C8H12O3/c1-2-3-7-4-6(5-9)8(10)11-7/h5,7,9H,2-4H2,1H3/b6-5+. The molecule has 0 bridgehead atoms. The molecule has 0 aromatic rings. The summed E-state index contributed by atoms with van der Waals surface area (Å²) < 4.78 is 4.94. The second-order valence-electron chi connectivity index (χ2n) is 2.67. The molecule has 1 rings (SSSR count). The molecule has 3 nitrogen and oxygen atoms in total. The SMILES string of the molecule is CCCC1C/C(=C\O)C(=O)O1. The normalized spacial score (nSPS) is 27.5. The lowest BCUT2D eigenvalue weighted by atomic mass is 10.1. The molecule has 1 N–H and O–H groups in total. The number of carbonyl (C=O) groups is 1. The summed E-state index contributed by atoms with van der Waals surface area (Å²) in [5, 5.41) is 8.56. The zero-order chi connectivity index (χ0) is 8.27. The Labute approximate surface area is 65.7 Å². The Morgan fingerprint density at radius 1 is 1.82 bits per heavy atom. The molecule has 1 fully saturated rings. The van der Waals surface area contributed by atoms with E-state index in [1.165, 1.54) is 0 Å². The molecular weight excluding hydrogens is 144 g/mol. The van der Waals surface area contributed by atoms with Crippen molar-refractivity contribution in [3.05, 3.63) is 11.8 Å². The average Bonchev–Trinajstić information content (AvgIpc) is 2.32. The van der Waals surface area contributed by atoms with Gasteiger partial charge in [0.1, 0.15) is 6.10 Å². The van der Waals surface area contributed by atoms with E-state index < -0.39 is 0 Å². The van der Waals surface area contributed by atoms with E-state index in [9.17, 15) is 4.79 Å². The minimum absolute atomic E-state index is 0.00843. The molecule has 0 aliphatic carbocycles. The van der Waals surface area contributed by atoms with E-state index in [1.807, 2.05) is 6.92 Å². The van der Waals surface area contributed by atoms with Gasteiger partial charge in [0.25, 0.3) is 0 Å². The molecule has 0 spiro atoms. The van der Waals surface area contributed by atoms with Gasteiger partial charge in [-0.2, -0.15) is 0 Å².